The molecule has 0 spiro atoms. The molecule has 2 heterocycles. The van der Waals surface area contributed by atoms with Crippen molar-refractivity contribution in [3.63, 3.8) is 0 Å². The summed E-state index contributed by atoms with van der Waals surface area (Å²) in [6.07, 6.45) is 6.49. The third-order valence-corrected chi connectivity index (χ3v) is 3.11. The molecule has 0 atom stereocenters. The Morgan fingerprint density at radius 1 is 1.08 bits per heavy atom. The largest absolute Gasteiger partial charge is 0.316 e. The molecule has 2 rings (SSSR count). The molecule has 13 heavy (non-hydrogen) atoms. The molecule has 0 aromatic rings. The molecule has 0 aliphatic carbocycles. The lowest BCUT2D eigenvalue weighted by Gasteiger charge is -2.30. The minimum Gasteiger partial charge on any atom is -0.316 e. The van der Waals surface area contributed by atoms with Gasteiger partial charge in [-0.2, -0.15) is 0 Å². The SMILES string of the molecule is CC1=C2CCCCN2C(=O)CCC1. The maximum absolute atomic E-state index is 11.7. The number of fused-ring (bicyclic) bond motifs is 1. The fourth-order valence-electron chi connectivity index (χ4n) is 2.34. The molecule has 0 bridgehead atoms. The van der Waals surface area contributed by atoms with E-state index in [-0.39, 0.29) is 0 Å². The van der Waals surface area contributed by atoms with Crippen molar-refractivity contribution in [3.8, 4) is 0 Å². The fraction of sp³-hybridized carbons (Fsp3) is 0.727. The van der Waals surface area contributed by atoms with Crippen molar-refractivity contribution in [2.24, 2.45) is 0 Å². The second kappa shape index (κ2) is 3.52. The molecule has 0 aromatic heterocycles. The number of piperidine rings is 1. The van der Waals surface area contributed by atoms with Crippen LogP contribution >= 0.6 is 0 Å². The Morgan fingerprint density at radius 3 is 2.77 bits per heavy atom. The summed E-state index contributed by atoms with van der Waals surface area (Å²) in [5, 5.41) is 0. The third kappa shape index (κ3) is 1.62. The van der Waals surface area contributed by atoms with Gasteiger partial charge in [-0.1, -0.05) is 5.57 Å². The minimum atomic E-state index is 0.353. The van der Waals surface area contributed by atoms with Crippen molar-refractivity contribution in [1.29, 1.82) is 0 Å². The van der Waals surface area contributed by atoms with E-state index < -0.39 is 0 Å². The van der Waals surface area contributed by atoms with Crippen LogP contribution in [0.4, 0.5) is 0 Å². The van der Waals surface area contributed by atoms with Gasteiger partial charge in [-0.15, -0.1) is 0 Å². The topological polar surface area (TPSA) is 20.3 Å². The Balaban J connectivity index is 2.28. The van der Waals surface area contributed by atoms with E-state index in [9.17, 15) is 4.79 Å². The van der Waals surface area contributed by atoms with E-state index in [1.807, 2.05) is 4.90 Å². The molecule has 1 fully saturated rings. The summed E-state index contributed by atoms with van der Waals surface area (Å²) >= 11 is 0. The molecular weight excluding hydrogens is 162 g/mol. The molecule has 72 valence electrons. The lowest BCUT2D eigenvalue weighted by molar-refractivity contribution is -0.129. The Bertz CT molecular complexity index is 255. The summed E-state index contributed by atoms with van der Waals surface area (Å²) in [5.74, 6) is 0.353. The number of allylic oxidation sites excluding steroid dienone is 2. The molecule has 2 nitrogen and oxygen atoms in total. The number of hydrogen-bond donors (Lipinski definition) is 0. The van der Waals surface area contributed by atoms with E-state index in [2.05, 4.69) is 6.92 Å². The standard InChI is InChI=1S/C11H17NO/c1-9-5-4-7-11(13)12-8-3-2-6-10(9)12/h2-8H2,1H3. The molecule has 2 heteroatoms. The van der Waals surface area contributed by atoms with Gasteiger partial charge < -0.3 is 4.90 Å². The number of nitrogens with zero attached hydrogens (tertiary/aromatic N) is 1. The van der Waals surface area contributed by atoms with Crippen molar-refractivity contribution in [2.75, 3.05) is 6.54 Å². The highest BCUT2D eigenvalue weighted by molar-refractivity contribution is 5.78. The Kier molecular flexibility index (Phi) is 2.38. The van der Waals surface area contributed by atoms with Gasteiger partial charge in [-0.3, -0.25) is 4.79 Å². The monoisotopic (exact) mass is 179 g/mol. The first-order chi connectivity index (χ1) is 6.29. The zero-order chi connectivity index (χ0) is 9.26. The quantitative estimate of drug-likeness (QED) is 0.559. The smallest absolute Gasteiger partial charge is 0.226 e. The van der Waals surface area contributed by atoms with Crippen molar-refractivity contribution >= 4 is 5.91 Å². The Morgan fingerprint density at radius 2 is 1.92 bits per heavy atom. The second-order valence-corrected chi connectivity index (χ2v) is 4.08. The highest BCUT2D eigenvalue weighted by atomic mass is 16.2. The van der Waals surface area contributed by atoms with E-state index in [0.717, 1.165) is 32.2 Å². The van der Waals surface area contributed by atoms with Gasteiger partial charge in [0.15, 0.2) is 0 Å². The maximum atomic E-state index is 11.7. The first-order valence-corrected chi connectivity index (χ1v) is 5.28. The highest BCUT2D eigenvalue weighted by Gasteiger charge is 2.24. The van der Waals surface area contributed by atoms with Crippen LogP contribution in [-0.2, 0) is 4.79 Å². The first kappa shape index (κ1) is 8.79. The molecule has 0 saturated carbocycles. The van der Waals surface area contributed by atoms with Crippen molar-refractivity contribution in [2.45, 2.75) is 45.4 Å². The van der Waals surface area contributed by atoms with Gasteiger partial charge in [0.2, 0.25) is 5.91 Å². The van der Waals surface area contributed by atoms with Crippen LogP contribution < -0.4 is 0 Å². The molecule has 2 aliphatic rings. The number of carbonyl (C=O) groups excluding carboxylic acids is 1. The van der Waals surface area contributed by atoms with Crippen LogP contribution in [0, 0.1) is 0 Å². The van der Waals surface area contributed by atoms with Gasteiger partial charge >= 0.3 is 0 Å². The number of hydrogen-bond acceptors (Lipinski definition) is 1. The van der Waals surface area contributed by atoms with E-state index >= 15 is 0 Å². The first-order valence-electron chi connectivity index (χ1n) is 5.28. The van der Waals surface area contributed by atoms with Crippen molar-refractivity contribution in [3.05, 3.63) is 11.3 Å². The van der Waals surface area contributed by atoms with E-state index in [1.165, 1.54) is 24.1 Å². The predicted molar refractivity (Wildman–Crippen MR) is 52.1 cm³/mol. The highest BCUT2D eigenvalue weighted by Crippen LogP contribution is 2.29. The molecule has 0 unspecified atom stereocenters. The summed E-state index contributed by atoms with van der Waals surface area (Å²) in [7, 11) is 0. The lowest BCUT2D eigenvalue weighted by atomic mass is 10.0. The average molecular weight is 179 g/mol. The molecule has 0 aromatic carbocycles. The average Bonchev–Trinajstić information content (AvgIpc) is 2.29. The lowest BCUT2D eigenvalue weighted by Crippen LogP contribution is -2.33. The summed E-state index contributed by atoms with van der Waals surface area (Å²) in [5.41, 5.74) is 2.79. The van der Waals surface area contributed by atoms with Crippen LogP contribution in [0.25, 0.3) is 0 Å². The zero-order valence-corrected chi connectivity index (χ0v) is 8.31. The number of carbonyl (C=O) groups is 1. The second-order valence-electron chi connectivity index (χ2n) is 4.08. The van der Waals surface area contributed by atoms with Crippen molar-refractivity contribution < 1.29 is 4.79 Å². The molecular formula is C11H17NO. The molecule has 1 amide bonds. The van der Waals surface area contributed by atoms with Crippen LogP contribution in [-0.4, -0.2) is 17.4 Å². The number of rotatable bonds is 0. The van der Waals surface area contributed by atoms with E-state index in [0.29, 0.717) is 5.91 Å². The predicted octanol–water partition coefficient (Wildman–Crippen LogP) is 2.46. The summed E-state index contributed by atoms with van der Waals surface area (Å²) < 4.78 is 0. The van der Waals surface area contributed by atoms with Gasteiger partial charge in [0.05, 0.1) is 0 Å². The van der Waals surface area contributed by atoms with Crippen LogP contribution in [0.5, 0.6) is 0 Å². The molecule has 1 saturated heterocycles. The summed E-state index contributed by atoms with van der Waals surface area (Å²) in [6, 6.07) is 0. The van der Waals surface area contributed by atoms with Crippen LogP contribution in [0.3, 0.4) is 0 Å². The van der Waals surface area contributed by atoms with Crippen LogP contribution in [0.2, 0.25) is 0 Å². The fourth-order valence-corrected chi connectivity index (χ4v) is 2.34. The van der Waals surface area contributed by atoms with Gasteiger partial charge in [0.25, 0.3) is 0 Å². The third-order valence-electron chi connectivity index (χ3n) is 3.11. The van der Waals surface area contributed by atoms with Gasteiger partial charge in [0.1, 0.15) is 0 Å². The summed E-state index contributed by atoms with van der Waals surface area (Å²) in [4.78, 5) is 13.7. The number of amides is 1. The minimum absolute atomic E-state index is 0.353. The zero-order valence-electron chi connectivity index (χ0n) is 8.31. The summed E-state index contributed by atoms with van der Waals surface area (Å²) in [6.45, 7) is 3.15. The van der Waals surface area contributed by atoms with Gasteiger partial charge in [-0.05, 0) is 39.0 Å². The normalized spacial score (nSPS) is 24.4. The molecule has 0 radical (unpaired) electrons. The Labute approximate surface area is 79.6 Å². The van der Waals surface area contributed by atoms with E-state index in [1.54, 1.807) is 0 Å². The Hall–Kier alpha value is -0.790. The van der Waals surface area contributed by atoms with Crippen molar-refractivity contribution in [1.82, 2.24) is 4.90 Å². The van der Waals surface area contributed by atoms with Crippen LogP contribution in [0.15, 0.2) is 11.3 Å². The van der Waals surface area contributed by atoms with E-state index in [4.69, 9.17) is 0 Å². The molecule has 0 N–H and O–H groups in total. The van der Waals surface area contributed by atoms with Gasteiger partial charge in [-0.25, -0.2) is 0 Å². The van der Waals surface area contributed by atoms with Gasteiger partial charge in [0, 0.05) is 18.7 Å². The molecule has 2 aliphatic heterocycles. The maximum Gasteiger partial charge on any atom is 0.226 e. The van der Waals surface area contributed by atoms with Crippen LogP contribution in [0.1, 0.15) is 45.4 Å².